The van der Waals surface area contributed by atoms with Crippen LogP contribution in [0.2, 0.25) is 0 Å². The zero-order valence-electron chi connectivity index (χ0n) is 16.3. The van der Waals surface area contributed by atoms with E-state index in [0.717, 1.165) is 5.56 Å². The van der Waals surface area contributed by atoms with Gasteiger partial charge in [-0.2, -0.15) is 0 Å². The number of carbonyl (C=O) groups is 1. The number of rotatable bonds is 7. The minimum Gasteiger partial charge on any atom is -0.350 e. The lowest BCUT2D eigenvalue weighted by Gasteiger charge is -2.13. The standard InChI is InChI=1S/C20H24N4O3S/c1-4-23-18-16(19(26)24(5-2)20(23)27)10-11-22(18)13-17(25)21-12-14-6-8-15(28-3)9-7-14/h6-11H,4-5,12-13H2,1-3H3,(H,21,25). The van der Waals surface area contributed by atoms with E-state index in [0.29, 0.717) is 30.7 Å². The summed E-state index contributed by atoms with van der Waals surface area (Å²) >= 11 is 1.67. The van der Waals surface area contributed by atoms with Gasteiger partial charge in [-0.3, -0.25) is 18.7 Å². The van der Waals surface area contributed by atoms with Gasteiger partial charge >= 0.3 is 5.69 Å². The van der Waals surface area contributed by atoms with Crippen molar-refractivity contribution in [2.45, 2.75) is 44.9 Å². The summed E-state index contributed by atoms with van der Waals surface area (Å²) in [6.45, 7) is 4.82. The van der Waals surface area contributed by atoms with Gasteiger partial charge in [-0.15, -0.1) is 11.8 Å². The van der Waals surface area contributed by atoms with Crippen LogP contribution in [0.4, 0.5) is 0 Å². The Bertz CT molecular complexity index is 1110. The Morgan fingerprint density at radius 1 is 1.04 bits per heavy atom. The number of fused-ring (bicyclic) bond motifs is 1. The molecule has 0 bridgehead atoms. The Labute approximate surface area is 167 Å². The minimum absolute atomic E-state index is 0.0431. The van der Waals surface area contributed by atoms with Crippen LogP contribution < -0.4 is 16.6 Å². The van der Waals surface area contributed by atoms with E-state index in [-0.39, 0.29) is 23.7 Å². The Morgan fingerprint density at radius 2 is 1.71 bits per heavy atom. The van der Waals surface area contributed by atoms with E-state index in [9.17, 15) is 14.4 Å². The average molecular weight is 401 g/mol. The summed E-state index contributed by atoms with van der Waals surface area (Å²) in [5.41, 5.74) is 0.832. The predicted molar refractivity (Wildman–Crippen MR) is 112 cm³/mol. The van der Waals surface area contributed by atoms with Crippen LogP contribution in [0.25, 0.3) is 11.0 Å². The molecule has 0 unspecified atom stereocenters. The molecule has 0 aliphatic carbocycles. The molecule has 0 spiro atoms. The van der Waals surface area contributed by atoms with Gasteiger partial charge in [0, 0.05) is 30.7 Å². The van der Waals surface area contributed by atoms with E-state index in [1.54, 1.807) is 35.5 Å². The zero-order valence-corrected chi connectivity index (χ0v) is 17.1. The van der Waals surface area contributed by atoms with Gasteiger partial charge in [0.15, 0.2) is 0 Å². The summed E-state index contributed by atoms with van der Waals surface area (Å²) in [5, 5.41) is 3.34. The number of nitrogens with one attached hydrogen (secondary N) is 1. The van der Waals surface area contributed by atoms with Crippen LogP contribution in [0, 0.1) is 0 Å². The molecule has 0 fully saturated rings. The van der Waals surface area contributed by atoms with Crippen molar-refractivity contribution in [1.82, 2.24) is 19.0 Å². The largest absolute Gasteiger partial charge is 0.350 e. The van der Waals surface area contributed by atoms with Crippen LogP contribution in [-0.2, 0) is 31.0 Å². The molecule has 0 radical (unpaired) electrons. The lowest BCUT2D eigenvalue weighted by molar-refractivity contribution is -0.121. The number of hydrogen-bond acceptors (Lipinski definition) is 4. The molecule has 0 saturated heterocycles. The Balaban J connectivity index is 1.83. The highest BCUT2D eigenvalue weighted by atomic mass is 32.2. The number of nitrogens with zero attached hydrogens (tertiary/aromatic N) is 3. The summed E-state index contributed by atoms with van der Waals surface area (Å²) in [6.07, 6.45) is 3.70. The van der Waals surface area contributed by atoms with Crippen molar-refractivity contribution in [3.63, 3.8) is 0 Å². The Morgan fingerprint density at radius 3 is 2.32 bits per heavy atom. The normalized spacial score (nSPS) is 11.1. The fourth-order valence-electron chi connectivity index (χ4n) is 3.25. The molecule has 28 heavy (non-hydrogen) atoms. The molecular weight excluding hydrogens is 376 g/mol. The van der Waals surface area contributed by atoms with Crippen molar-refractivity contribution in [3.8, 4) is 0 Å². The zero-order chi connectivity index (χ0) is 20.3. The second-order valence-electron chi connectivity index (χ2n) is 6.38. The quantitative estimate of drug-likeness (QED) is 0.616. The summed E-state index contributed by atoms with van der Waals surface area (Å²) in [7, 11) is 0. The molecule has 0 atom stereocenters. The van der Waals surface area contributed by atoms with Crippen molar-refractivity contribution in [2.24, 2.45) is 0 Å². The molecule has 2 aromatic heterocycles. The first-order chi connectivity index (χ1) is 13.5. The molecule has 0 aliphatic heterocycles. The Kier molecular flexibility index (Phi) is 6.08. The molecule has 1 amide bonds. The third kappa shape index (κ3) is 3.77. The number of aryl methyl sites for hydroxylation is 1. The second kappa shape index (κ2) is 8.52. The highest BCUT2D eigenvalue weighted by molar-refractivity contribution is 7.98. The highest BCUT2D eigenvalue weighted by Gasteiger charge is 2.16. The molecule has 3 rings (SSSR count). The number of hydrogen-bond donors (Lipinski definition) is 1. The minimum atomic E-state index is -0.350. The fraction of sp³-hybridized carbons (Fsp3) is 0.350. The highest BCUT2D eigenvalue weighted by Crippen LogP contribution is 2.15. The third-order valence-corrected chi connectivity index (χ3v) is 5.47. The van der Waals surface area contributed by atoms with Gasteiger partial charge in [-0.1, -0.05) is 12.1 Å². The van der Waals surface area contributed by atoms with E-state index in [2.05, 4.69) is 5.32 Å². The van der Waals surface area contributed by atoms with Gasteiger partial charge in [0.2, 0.25) is 5.91 Å². The predicted octanol–water partition coefficient (Wildman–Crippen LogP) is 2.04. The van der Waals surface area contributed by atoms with Gasteiger partial charge < -0.3 is 9.88 Å². The fourth-order valence-corrected chi connectivity index (χ4v) is 3.65. The molecule has 0 aliphatic rings. The van der Waals surface area contributed by atoms with E-state index in [1.165, 1.54) is 14.0 Å². The second-order valence-corrected chi connectivity index (χ2v) is 7.26. The van der Waals surface area contributed by atoms with E-state index in [1.807, 2.05) is 37.4 Å². The summed E-state index contributed by atoms with van der Waals surface area (Å²) in [6, 6.07) is 9.68. The van der Waals surface area contributed by atoms with E-state index in [4.69, 9.17) is 0 Å². The van der Waals surface area contributed by atoms with Crippen LogP contribution in [0.5, 0.6) is 0 Å². The van der Waals surface area contributed by atoms with Crippen LogP contribution in [0.15, 0.2) is 51.0 Å². The van der Waals surface area contributed by atoms with Gasteiger partial charge in [-0.25, -0.2) is 4.79 Å². The maximum Gasteiger partial charge on any atom is 0.332 e. The Hall–Kier alpha value is -2.74. The maximum absolute atomic E-state index is 12.6. The summed E-state index contributed by atoms with van der Waals surface area (Å²) in [4.78, 5) is 38.7. The molecular formula is C20H24N4O3S. The molecule has 0 saturated carbocycles. The molecule has 148 valence electrons. The monoisotopic (exact) mass is 400 g/mol. The van der Waals surface area contributed by atoms with Crippen LogP contribution in [-0.4, -0.2) is 25.9 Å². The number of aromatic nitrogens is 3. The number of carbonyl (C=O) groups excluding carboxylic acids is 1. The lowest BCUT2D eigenvalue weighted by atomic mass is 10.2. The molecule has 3 aromatic rings. The van der Waals surface area contributed by atoms with Crippen molar-refractivity contribution >= 4 is 28.7 Å². The van der Waals surface area contributed by atoms with Crippen molar-refractivity contribution in [2.75, 3.05) is 6.26 Å². The van der Waals surface area contributed by atoms with E-state index >= 15 is 0 Å². The van der Waals surface area contributed by atoms with Gasteiger partial charge in [0.05, 0.1) is 5.39 Å². The van der Waals surface area contributed by atoms with E-state index < -0.39 is 0 Å². The van der Waals surface area contributed by atoms with Crippen molar-refractivity contribution < 1.29 is 4.79 Å². The molecule has 2 heterocycles. The lowest BCUT2D eigenvalue weighted by Crippen LogP contribution is -2.40. The van der Waals surface area contributed by atoms with Crippen LogP contribution in [0.3, 0.4) is 0 Å². The summed E-state index contributed by atoms with van der Waals surface area (Å²) in [5.74, 6) is -0.179. The third-order valence-electron chi connectivity index (χ3n) is 4.72. The van der Waals surface area contributed by atoms with Gasteiger partial charge in [0.1, 0.15) is 12.2 Å². The number of benzene rings is 1. The summed E-state index contributed by atoms with van der Waals surface area (Å²) < 4.78 is 4.41. The molecule has 1 aromatic carbocycles. The number of thioether (sulfide) groups is 1. The van der Waals surface area contributed by atoms with Gasteiger partial charge in [-0.05, 0) is 43.9 Å². The smallest absolute Gasteiger partial charge is 0.332 e. The van der Waals surface area contributed by atoms with Crippen molar-refractivity contribution in [1.29, 1.82) is 0 Å². The van der Waals surface area contributed by atoms with Crippen LogP contribution in [0.1, 0.15) is 19.4 Å². The molecule has 8 heteroatoms. The SMILES string of the molecule is CCn1c(=O)c2ccn(CC(=O)NCc3ccc(SC)cc3)c2n(CC)c1=O. The maximum atomic E-state index is 12.6. The molecule has 1 N–H and O–H groups in total. The van der Waals surface area contributed by atoms with Gasteiger partial charge in [0.25, 0.3) is 5.56 Å². The first-order valence-electron chi connectivity index (χ1n) is 9.22. The first kappa shape index (κ1) is 20.0. The average Bonchev–Trinajstić information content (AvgIpc) is 3.11. The van der Waals surface area contributed by atoms with Crippen molar-refractivity contribution in [3.05, 3.63) is 62.9 Å². The van der Waals surface area contributed by atoms with Crippen LogP contribution >= 0.6 is 11.8 Å². The molecule has 7 nitrogen and oxygen atoms in total. The topological polar surface area (TPSA) is 78.0 Å². The first-order valence-corrected chi connectivity index (χ1v) is 10.4. The number of amides is 1.